The quantitative estimate of drug-likeness (QED) is 0.651. The van der Waals surface area contributed by atoms with E-state index in [1.807, 2.05) is 0 Å². The van der Waals surface area contributed by atoms with Crippen LogP contribution in [0.1, 0.15) is 21.6 Å². The average Bonchev–Trinajstić information content (AvgIpc) is 2.90. The molecule has 1 unspecified atom stereocenters. The Morgan fingerprint density at radius 1 is 1.43 bits per heavy atom. The van der Waals surface area contributed by atoms with E-state index >= 15 is 0 Å². The Balaban J connectivity index is 2.12. The second-order valence-electron chi connectivity index (χ2n) is 4.64. The normalized spacial score (nSPS) is 11.9. The summed E-state index contributed by atoms with van der Waals surface area (Å²) in [5.74, 6) is -1.58. The molecule has 7 heteroatoms. The highest BCUT2D eigenvalue weighted by molar-refractivity contribution is 5.98. The predicted octanol–water partition coefficient (Wildman–Crippen LogP) is 0.849. The van der Waals surface area contributed by atoms with Crippen LogP contribution in [0.4, 0.5) is 0 Å². The van der Waals surface area contributed by atoms with Gasteiger partial charge in [0.1, 0.15) is 11.8 Å². The lowest BCUT2D eigenvalue weighted by Gasteiger charge is -2.14. The fourth-order valence-corrected chi connectivity index (χ4v) is 1.95. The molecule has 7 nitrogen and oxygen atoms in total. The van der Waals surface area contributed by atoms with Gasteiger partial charge in [0.15, 0.2) is 0 Å². The molecule has 1 amide bonds. The van der Waals surface area contributed by atoms with Gasteiger partial charge in [-0.2, -0.15) is 0 Å². The lowest BCUT2D eigenvalue weighted by atomic mass is 10.1. The van der Waals surface area contributed by atoms with Crippen LogP contribution in [0.3, 0.4) is 0 Å². The minimum absolute atomic E-state index is 0.0521. The van der Waals surface area contributed by atoms with Gasteiger partial charge in [-0.1, -0.05) is 0 Å². The number of carboxylic acid groups (broad SMARTS) is 1. The van der Waals surface area contributed by atoms with Crippen molar-refractivity contribution in [3.8, 4) is 5.75 Å². The number of carboxylic acids is 1. The first-order chi connectivity index (χ1) is 9.97. The van der Waals surface area contributed by atoms with Crippen molar-refractivity contribution in [3.05, 3.63) is 47.5 Å². The van der Waals surface area contributed by atoms with Crippen molar-refractivity contribution in [1.82, 2.24) is 15.3 Å². The number of H-pyrrole nitrogens is 1. The fourth-order valence-electron chi connectivity index (χ4n) is 1.95. The number of amides is 1. The second kappa shape index (κ2) is 6.08. The first-order valence-electron chi connectivity index (χ1n) is 6.28. The maximum Gasteiger partial charge on any atom is 0.326 e. The van der Waals surface area contributed by atoms with E-state index in [0.29, 0.717) is 16.8 Å². The zero-order valence-corrected chi connectivity index (χ0v) is 11.3. The van der Waals surface area contributed by atoms with Crippen LogP contribution in [0.25, 0.3) is 0 Å². The number of carbonyl (C=O) groups excluding carboxylic acids is 1. The molecule has 0 aliphatic rings. The minimum atomic E-state index is -1.13. The summed E-state index contributed by atoms with van der Waals surface area (Å²) in [5, 5.41) is 21.0. The maximum atomic E-state index is 12.1. The number of carbonyl (C=O) groups is 2. The number of benzene rings is 1. The number of rotatable bonds is 5. The number of aromatic hydroxyl groups is 1. The summed E-state index contributed by atoms with van der Waals surface area (Å²) in [4.78, 5) is 30.0. The Morgan fingerprint density at radius 2 is 2.19 bits per heavy atom. The predicted molar refractivity (Wildman–Crippen MR) is 74.0 cm³/mol. The van der Waals surface area contributed by atoms with Crippen molar-refractivity contribution in [2.75, 3.05) is 0 Å². The zero-order valence-electron chi connectivity index (χ0n) is 11.3. The Morgan fingerprint density at radius 3 is 2.76 bits per heavy atom. The number of phenolic OH excluding ortho intramolecular Hbond substituents is 1. The maximum absolute atomic E-state index is 12.1. The summed E-state index contributed by atoms with van der Waals surface area (Å²) in [6, 6.07) is 3.22. The van der Waals surface area contributed by atoms with Gasteiger partial charge < -0.3 is 20.5 Å². The van der Waals surface area contributed by atoms with Crippen LogP contribution >= 0.6 is 0 Å². The van der Waals surface area contributed by atoms with E-state index in [1.54, 1.807) is 6.92 Å². The highest BCUT2D eigenvalue weighted by Gasteiger charge is 2.22. The van der Waals surface area contributed by atoms with E-state index in [9.17, 15) is 19.8 Å². The summed E-state index contributed by atoms with van der Waals surface area (Å²) in [6.07, 6.45) is 3.06. The van der Waals surface area contributed by atoms with Gasteiger partial charge in [0, 0.05) is 23.9 Å². The van der Waals surface area contributed by atoms with Crippen LogP contribution < -0.4 is 5.32 Å². The third kappa shape index (κ3) is 3.59. The molecule has 4 N–H and O–H groups in total. The molecule has 0 aliphatic carbocycles. The number of aryl methyl sites for hydroxylation is 1. The van der Waals surface area contributed by atoms with E-state index in [0.717, 1.165) is 0 Å². The Labute approximate surface area is 120 Å². The zero-order chi connectivity index (χ0) is 15.4. The number of hydrogen-bond acceptors (Lipinski definition) is 4. The van der Waals surface area contributed by atoms with Gasteiger partial charge >= 0.3 is 5.97 Å². The molecule has 21 heavy (non-hydrogen) atoms. The van der Waals surface area contributed by atoms with Crippen LogP contribution in [0, 0.1) is 6.92 Å². The van der Waals surface area contributed by atoms with Crippen LogP contribution in [-0.4, -0.2) is 38.1 Å². The summed E-state index contributed by atoms with van der Waals surface area (Å²) < 4.78 is 0. The third-order valence-electron chi connectivity index (χ3n) is 3.04. The Bertz CT molecular complexity index is 652. The van der Waals surface area contributed by atoms with Crippen molar-refractivity contribution in [1.29, 1.82) is 0 Å². The van der Waals surface area contributed by atoms with E-state index in [1.165, 1.54) is 30.7 Å². The number of aliphatic carboxylic acids is 1. The molecule has 0 fully saturated rings. The number of hydrogen-bond donors (Lipinski definition) is 4. The highest BCUT2D eigenvalue weighted by Crippen LogP contribution is 2.15. The molecular formula is C14H15N3O4. The first-order valence-corrected chi connectivity index (χ1v) is 6.28. The van der Waals surface area contributed by atoms with E-state index < -0.39 is 17.9 Å². The van der Waals surface area contributed by atoms with Crippen LogP contribution in [0.2, 0.25) is 0 Å². The van der Waals surface area contributed by atoms with Crippen LogP contribution in [0.15, 0.2) is 30.7 Å². The standard InChI is InChI=1S/C14H15N3O4/c1-8-4-10(18)2-3-11(8)13(19)17-12(14(20)21)5-9-6-15-7-16-9/h2-4,6-7,12,18H,5H2,1H3,(H,15,16)(H,17,19)(H,20,21). The molecule has 0 bridgehead atoms. The van der Waals surface area contributed by atoms with Gasteiger partial charge in [0.2, 0.25) is 0 Å². The van der Waals surface area contributed by atoms with Gasteiger partial charge in [0.05, 0.1) is 6.33 Å². The van der Waals surface area contributed by atoms with Gasteiger partial charge in [-0.15, -0.1) is 0 Å². The van der Waals surface area contributed by atoms with Crippen LogP contribution in [-0.2, 0) is 11.2 Å². The summed E-state index contributed by atoms with van der Waals surface area (Å²) in [7, 11) is 0. The largest absolute Gasteiger partial charge is 0.508 e. The number of imidazole rings is 1. The third-order valence-corrected chi connectivity index (χ3v) is 3.04. The molecular weight excluding hydrogens is 274 g/mol. The Kier molecular flexibility index (Phi) is 4.22. The van der Waals surface area contributed by atoms with Crippen molar-refractivity contribution in [2.45, 2.75) is 19.4 Å². The summed E-state index contributed by atoms with van der Waals surface area (Å²) in [5.41, 5.74) is 1.51. The van der Waals surface area contributed by atoms with E-state index in [2.05, 4.69) is 15.3 Å². The molecule has 1 atom stereocenters. The molecule has 1 heterocycles. The van der Waals surface area contributed by atoms with Gasteiger partial charge in [-0.05, 0) is 30.7 Å². The average molecular weight is 289 g/mol. The molecule has 0 saturated heterocycles. The van der Waals surface area contributed by atoms with Gasteiger partial charge in [-0.25, -0.2) is 9.78 Å². The Hall–Kier alpha value is -2.83. The highest BCUT2D eigenvalue weighted by atomic mass is 16.4. The molecule has 2 rings (SSSR count). The lowest BCUT2D eigenvalue weighted by Crippen LogP contribution is -2.42. The van der Waals surface area contributed by atoms with Crippen LogP contribution in [0.5, 0.6) is 5.75 Å². The summed E-state index contributed by atoms with van der Waals surface area (Å²) >= 11 is 0. The number of aromatic nitrogens is 2. The number of nitrogens with zero attached hydrogens (tertiary/aromatic N) is 1. The number of nitrogens with one attached hydrogen (secondary N) is 2. The van der Waals surface area contributed by atoms with Crippen molar-refractivity contribution in [2.24, 2.45) is 0 Å². The van der Waals surface area contributed by atoms with Gasteiger partial charge in [-0.3, -0.25) is 4.79 Å². The second-order valence-corrected chi connectivity index (χ2v) is 4.64. The van der Waals surface area contributed by atoms with Crippen molar-refractivity contribution >= 4 is 11.9 Å². The minimum Gasteiger partial charge on any atom is -0.508 e. The molecule has 1 aromatic carbocycles. The molecule has 0 saturated carbocycles. The SMILES string of the molecule is Cc1cc(O)ccc1C(=O)NC(Cc1cnc[nH]1)C(=O)O. The number of aromatic amines is 1. The molecule has 0 radical (unpaired) electrons. The number of phenols is 1. The molecule has 1 aromatic heterocycles. The summed E-state index contributed by atoms with van der Waals surface area (Å²) in [6.45, 7) is 1.67. The van der Waals surface area contributed by atoms with Crippen molar-refractivity contribution in [3.63, 3.8) is 0 Å². The monoisotopic (exact) mass is 289 g/mol. The van der Waals surface area contributed by atoms with E-state index in [-0.39, 0.29) is 12.2 Å². The molecule has 110 valence electrons. The topological polar surface area (TPSA) is 115 Å². The molecule has 0 aliphatic heterocycles. The first kappa shape index (κ1) is 14.6. The molecule has 2 aromatic rings. The fraction of sp³-hybridized carbons (Fsp3) is 0.214. The smallest absolute Gasteiger partial charge is 0.326 e. The van der Waals surface area contributed by atoms with E-state index in [4.69, 9.17) is 0 Å². The van der Waals surface area contributed by atoms with Crippen molar-refractivity contribution < 1.29 is 19.8 Å². The van der Waals surface area contributed by atoms with Gasteiger partial charge in [0.25, 0.3) is 5.91 Å². The molecule has 0 spiro atoms. The lowest BCUT2D eigenvalue weighted by molar-refractivity contribution is -0.139.